The summed E-state index contributed by atoms with van der Waals surface area (Å²) in [6, 6.07) is 12.9. The van der Waals surface area contributed by atoms with E-state index in [1.165, 1.54) is 15.1 Å². The van der Waals surface area contributed by atoms with Gasteiger partial charge in [0, 0.05) is 29.2 Å². The van der Waals surface area contributed by atoms with Crippen molar-refractivity contribution < 1.29 is 13.2 Å². The molecule has 1 aromatic carbocycles. The molecule has 0 saturated heterocycles. The number of aromatic nitrogens is 6. The molecule has 176 valence electrons. The highest BCUT2D eigenvalue weighted by molar-refractivity contribution is 6.30. The third-order valence-corrected chi connectivity index (χ3v) is 5.68. The molecule has 11 heteroatoms. The van der Waals surface area contributed by atoms with Crippen LogP contribution in [0.1, 0.15) is 17.1 Å². The summed E-state index contributed by atoms with van der Waals surface area (Å²) in [5, 5.41) is 5.12. The molecule has 5 aromatic rings. The van der Waals surface area contributed by atoms with Crippen LogP contribution >= 0.6 is 11.6 Å². The summed E-state index contributed by atoms with van der Waals surface area (Å²) >= 11 is 6.06. The summed E-state index contributed by atoms with van der Waals surface area (Å²) in [5.74, 6) is 0.407. The molecule has 4 heterocycles. The monoisotopic (exact) mass is 496 g/mol. The van der Waals surface area contributed by atoms with Crippen molar-refractivity contribution >= 4 is 17.2 Å². The lowest BCUT2D eigenvalue weighted by atomic mass is 10.0. The number of halogens is 4. The van der Waals surface area contributed by atoms with Crippen molar-refractivity contribution in [2.45, 2.75) is 19.6 Å². The van der Waals surface area contributed by atoms with Gasteiger partial charge < -0.3 is 0 Å². The molecule has 5 rings (SSSR count). The SMILES string of the molecule is Cc1nc(-c2ccc(Cl)cc2)c(-c2ccncc2)c2nn(Cc3ccc(C(F)(F)F)nc3)c(=O)n12. The quantitative estimate of drug-likeness (QED) is 0.348. The molecule has 0 aliphatic heterocycles. The van der Waals surface area contributed by atoms with Crippen LogP contribution in [0.2, 0.25) is 5.02 Å². The van der Waals surface area contributed by atoms with Crippen LogP contribution in [-0.2, 0) is 12.7 Å². The van der Waals surface area contributed by atoms with E-state index in [0.717, 1.165) is 23.4 Å². The molecule has 35 heavy (non-hydrogen) atoms. The van der Waals surface area contributed by atoms with E-state index in [1.807, 2.05) is 12.1 Å². The van der Waals surface area contributed by atoms with E-state index in [9.17, 15) is 18.0 Å². The van der Waals surface area contributed by atoms with Crippen molar-refractivity contribution in [2.75, 3.05) is 0 Å². The lowest BCUT2D eigenvalue weighted by Gasteiger charge is -2.12. The van der Waals surface area contributed by atoms with E-state index < -0.39 is 17.6 Å². The summed E-state index contributed by atoms with van der Waals surface area (Å²) in [4.78, 5) is 25.5. The highest BCUT2D eigenvalue weighted by atomic mass is 35.5. The summed E-state index contributed by atoms with van der Waals surface area (Å²) in [7, 11) is 0. The topological polar surface area (TPSA) is 78.0 Å². The lowest BCUT2D eigenvalue weighted by Crippen LogP contribution is -2.23. The van der Waals surface area contributed by atoms with E-state index in [2.05, 4.69) is 15.1 Å². The Labute approximate surface area is 201 Å². The average Bonchev–Trinajstić information content (AvgIpc) is 3.16. The maximum Gasteiger partial charge on any atom is 0.433 e. The Morgan fingerprint density at radius 1 is 0.971 bits per heavy atom. The van der Waals surface area contributed by atoms with Crippen LogP contribution in [-0.4, -0.2) is 29.1 Å². The summed E-state index contributed by atoms with van der Waals surface area (Å²) < 4.78 is 41.1. The smallest absolute Gasteiger partial charge is 0.265 e. The van der Waals surface area contributed by atoms with E-state index >= 15 is 0 Å². The number of benzene rings is 1. The minimum atomic E-state index is -4.54. The van der Waals surface area contributed by atoms with Gasteiger partial charge in [-0.25, -0.2) is 18.9 Å². The standard InChI is InChI=1S/C24H16ClF3N6O/c1-14-31-21(17-3-5-18(25)6-4-17)20(16-8-10-29-11-9-16)22-32-33(23(35)34(14)22)13-15-2-7-19(30-12-15)24(26,27)28/h2-12H,13H2,1H3. The molecule has 0 atom stereocenters. The Balaban J connectivity index is 1.69. The average molecular weight is 497 g/mol. The second kappa shape index (κ2) is 8.62. The van der Waals surface area contributed by atoms with Gasteiger partial charge in [0.1, 0.15) is 11.5 Å². The second-order valence-corrected chi connectivity index (χ2v) is 8.21. The number of pyridine rings is 2. The number of rotatable bonds is 4. The van der Waals surface area contributed by atoms with Crippen molar-refractivity contribution in [3.05, 3.63) is 99.7 Å². The van der Waals surface area contributed by atoms with Gasteiger partial charge in [-0.05, 0) is 48.4 Å². The zero-order valence-electron chi connectivity index (χ0n) is 18.2. The van der Waals surface area contributed by atoms with Gasteiger partial charge in [0.25, 0.3) is 0 Å². The fraction of sp³-hybridized carbons (Fsp3) is 0.125. The molecule has 0 bridgehead atoms. The zero-order chi connectivity index (χ0) is 24.7. The summed E-state index contributed by atoms with van der Waals surface area (Å²) in [6.07, 6.45) is -0.202. The zero-order valence-corrected chi connectivity index (χ0v) is 18.9. The molecule has 7 nitrogen and oxygen atoms in total. The first-order valence-corrected chi connectivity index (χ1v) is 10.8. The molecule has 0 radical (unpaired) electrons. The van der Waals surface area contributed by atoms with E-state index in [-0.39, 0.29) is 6.54 Å². The molecule has 0 unspecified atom stereocenters. The third kappa shape index (κ3) is 4.28. The van der Waals surface area contributed by atoms with Crippen LogP contribution in [0.4, 0.5) is 13.2 Å². The second-order valence-electron chi connectivity index (χ2n) is 7.77. The molecule has 4 aromatic heterocycles. The molecular formula is C24H16ClF3N6O. The first kappa shape index (κ1) is 22.7. The molecule has 0 aliphatic rings. The summed E-state index contributed by atoms with van der Waals surface area (Å²) in [5.41, 5.74) is 2.03. The number of aryl methyl sites for hydroxylation is 1. The van der Waals surface area contributed by atoms with Crippen LogP contribution < -0.4 is 5.69 Å². The molecular weight excluding hydrogens is 481 g/mol. The number of fused-ring (bicyclic) bond motifs is 1. The maximum absolute atomic E-state index is 13.2. The Bertz CT molecular complexity index is 1580. The minimum Gasteiger partial charge on any atom is -0.265 e. The van der Waals surface area contributed by atoms with E-state index in [1.54, 1.807) is 43.6 Å². The van der Waals surface area contributed by atoms with Crippen molar-refractivity contribution in [3.63, 3.8) is 0 Å². The van der Waals surface area contributed by atoms with Gasteiger partial charge in [0.05, 0.1) is 17.8 Å². The van der Waals surface area contributed by atoms with Gasteiger partial charge in [0.2, 0.25) is 0 Å². The Morgan fingerprint density at radius 3 is 2.31 bits per heavy atom. The molecule has 0 amide bonds. The number of alkyl halides is 3. The van der Waals surface area contributed by atoms with Crippen LogP contribution in [0.15, 0.2) is 71.9 Å². The van der Waals surface area contributed by atoms with Gasteiger partial charge in [-0.1, -0.05) is 29.8 Å². The van der Waals surface area contributed by atoms with Gasteiger partial charge in [-0.15, -0.1) is 5.10 Å². The van der Waals surface area contributed by atoms with Crippen LogP contribution in [0, 0.1) is 6.92 Å². The number of nitrogens with zero attached hydrogens (tertiary/aromatic N) is 6. The molecule has 0 aliphatic carbocycles. The first-order chi connectivity index (χ1) is 16.7. The molecule has 0 spiro atoms. The van der Waals surface area contributed by atoms with Crippen LogP contribution in [0.5, 0.6) is 0 Å². The van der Waals surface area contributed by atoms with Gasteiger partial charge in [-0.3, -0.25) is 9.97 Å². The highest BCUT2D eigenvalue weighted by Gasteiger charge is 2.32. The largest absolute Gasteiger partial charge is 0.433 e. The van der Waals surface area contributed by atoms with Crippen LogP contribution in [0.25, 0.3) is 28.0 Å². The fourth-order valence-electron chi connectivity index (χ4n) is 3.80. The maximum atomic E-state index is 13.2. The lowest BCUT2D eigenvalue weighted by molar-refractivity contribution is -0.141. The predicted molar refractivity (Wildman–Crippen MR) is 124 cm³/mol. The fourth-order valence-corrected chi connectivity index (χ4v) is 3.92. The van der Waals surface area contributed by atoms with E-state index in [0.29, 0.717) is 33.3 Å². The van der Waals surface area contributed by atoms with Crippen LogP contribution in [0.3, 0.4) is 0 Å². The number of hydrogen-bond donors (Lipinski definition) is 0. The van der Waals surface area contributed by atoms with E-state index in [4.69, 9.17) is 16.6 Å². The normalized spacial score (nSPS) is 11.8. The Kier molecular flexibility index (Phi) is 5.60. The van der Waals surface area contributed by atoms with Crippen molar-refractivity contribution in [1.82, 2.24) is 29.1 Å². The van der Waals surface area contributed by atoms with Crippen molar-refractivity contribution in [1.29, 1.82) is 0 Å². The van der Waals surface area contributed by atoms with Gasteiger partial charge in [0.15, 0.2) is 5.65 Å². The minimum absolute atomic E-state index is 0.0584. The first-order valence-electron chi connectivity index (χ1n) is 10.4. The Morgan fingerprint density at radius 2 is 1.69 bits per heavy atom. The third-order valence-electron chi connectivity index (χ3n) is 5.43. The molecule has 0 fully saturated rings. The Hall–Kier alpha value is -4.05. The van der Waals surface area contributed by atoms with Crippen molar-refractivity contribution in [2.24, 2.45) is 0 Å². The summed E-state index contributed by atoms with van der Waals surface area (Å²) in [6.45, 7) is 1.63. The van der Waals surface area contributed by atoms with Gasteiger partial charge >= 0.3 is 11.9 Å². The highest BCUT2D eigenvalue weighted by Crippen LogP contribution is 2.34. The molecule has 0 N–H and O–H groups in total. The number of hydrogen-bond acceptors (Lipinski definition) is 5. The molecule has 0 saturated carbocycles. The predicted octanol–water partition coefficient (Wildman–Crippen LogP) is 5.04. The van der Waals surface area contributed by atoms with Gasteiger partial charge in [-0.2, -0.15) is 13.2 Å². The van der Waals surface area contributed by atoms with Crippen molar-refractivity contribution in [3.8, 4) is 22.4 Å².